The van der Waals surface area contributed by atoms with Crippen molar-refractivity contribution >= 4 is 87.5 Å². The number of rotatable bonds is 2. The lowest BCUT2D eigenvalue weighted by atomic mass is 10.00. The predicted octanol–water partition coefficient (Wildman–Crippen LogP) is 11.7. The third kappa shape index (κ3) is 3.48. The lowest BCUT2D eigenvalue weighted by Crippen LogP contribution is -2.09. The number of benzene rings is 7. The second kappa shape index (κ2) is 9.89. The Hall–Kier alpha value is -7.28. The van der Waals surface area contributed by atoms with E-state index in [2.05, 4.69) is 81.9 Å². The number of furan rings is 2. The van der Waals surface area contributed by atoms with E-state index in [4.69, 9.17) is 8.83 Å². The van der Waals surface area contributed by atoms with Gasteiger partial charge in [0, 0.05) is 32.3 Å². The predicted molar refractivity (Wildman–Crippen MR) is 204 cm³/mol. The summed E-state index contributed by atoms with van der Waals surface area (Å²) in [5.41, 5.74) is 10.1. The van der Waals surface area contributed by atoms with Gasteiger partial charge in [-0.25, -0.2) is 0 Å². The third-order valence-corrected chi connectivity index (χ3v) is 10.6. The number of nitrogens with zero attached hydrogens (tertiary/aromatic N) is 4. The van der Waals surface area contributed by atoms with Crippen molar-refractivity contribution in [2.75, 3.05) is 0 Å². The molecule has 4 heterocycles. The van der Waals surface area contributed by atoms with Crippen LogP contribution in [0.15, 0.2) is 136 Å². The topological polar surface area (TPSA) is 83.7 Å². The van der Waals surface area contributed by atoms with Crippen LogP contribution in [0.2, 0.25) is 0 Å². The van der Waals surface area contributed by atoms with Crippen molar-refractivity contribution in [2.24, 2.45) is 0 Å². The van der Waals surface area contributed by atoms with Crippen LogP contribution in [0.1, 0.15) is 16.7 Å². The Morgan fingerprint density at radius 1 is 0.451 bits per heavy atom. The minimum Gasteiger partial charge on any atom is -0.455 e. The number of fused-ring (bicyclic) bond motifs is 14. The highest BCUT2D eigenvalue weighted by Crippen LogP contribution is 2.46. The van der Waals surface area contributed by atoms with Crippen molar-refractivity contribution in [3.63, 3.8) is 0 Å². The Kier molecular flexibility index (Phi) is 5.36. The standard InChI is InChI=1S/C45H24N4O2/c1-25-26(23-46)22-27(24-47)43(49-35-15-7-3-13-33(35)41-37(49)21-19-31-29-11-5-9-17-39(29)51-45(31)41)42(25)48-34-14-6-2-12-32(34)40-36(48)20-18-30-28-10-4-8-16-38(28)50-44(30)40/h2-22H,1H3. The molecule has 0 unspecified atom stereocenters. The first-order valence-corrected chi connectivity index (χ1v) is 16.8. The first kappa shape index (κ1) is 27.6. The fourth-order valence-corrected chi connectivity index (χ4v) is 8.41. The zero-order valence-electron chi connectivity index (χ0n) is 27.2. The van der Waals surface area contributed by atoms with Crippen LogP contribution in [0.4, 0.5) is 0 Å². The summed E-state index contributed by atoms with van der Waals surface area (Å²) in [4.78, 5) is 0. The molecular weight excluding hydrogens is 629 g/mol. The van der Waals surface area contributed by atoms with Gasteiger partial charge in [-0.3, -0.25) is 0 Å². The van der Waals surface area contributed by atoms with E-state index in [1.165, 1.54) is 0 Å². The molecule has 11 aromatic rings. The normalized spacial score (nSPS) is 12.0. The number of hydrogen-bond donors (Lipinski definition) is 0. The molecule has 11 rings (SSSR count). The van der Waals surface area contributed by atoms with Gasteiger partial charge in [0.05, 0.1) is 61.4 Å². The Balaban J connectivity index is 1.36. The van der Waals surface area contributed by atoms with Crippen molar-refractivity contribution in [1.82, 2.24) is 9.13 Å². The molecule has 0 spiro atoms. The summed E-state index contributed by atoms with van der Waals surface area (Å²) in [6.07, 6.45) is 0. The summed E-state index contributed by atoms with van der Waals surface area (Å²) in [6.45, 7) is 1.98. The summed E-state index contributed by atoms with van der Waals surface area (Å²) < 4.78 is 17.6. The molecule has 0 aliphatic rings. The van der Waals surface area contributed by atoms with Crippen LogP contribution in [0.25, 0.3) is 98.9 Å². The monoisotopic (exact) mass is 652 g/mol. The molecule has 4 aromatic heterocycles. The lowest BCUT2D eigenvalue weighted by Gasteiger charge is -2.21. The van der Waals surface area contributed by atoms with E-state index in [9.17, 15) is 10.5 Å². The van der Waals surface area contributed by atoms with Crippen molar-refractivity contribution < 1.29 is 8.83 Å². The number of nitriles is 2. The van der Waals surface area contributed by atoms with Crippen LogP contribution in [-0.4, -0.2) is 9.13 Å². The SMILES string of the molecule is Cc1c(C#N)cc(C#N)c(-n2c3ccccc3c3c4oc5ccccc5c4ccc32)c1-n1c2ccccc2c2c3oc4ccccc4c3ccc21. The maximum absolute atomic E-state index is 10.9. The smallest absolute Gasteiger partial charge is 0.145 e. The van der Waals surface area contributed by atoms with Crippen molar-refractivity contribution in [1.29, 1.82) is 10.5 Å². The highest BCUT2D eigenvalue weighted by atomic mass is 16.3. The van der Waals surface area contributed by atoms with Gasteiger partial charge < -0.3 is 18.0 Å². The largest absolute Gasteiger partial charge is 0.455 e. The molecule has 0 aliphatic carbocycles. The van der Waals surface area contributed by atoms with E-state index in [0.29, 0.717) is 16.8 Å². The van der Waals surface area contributed by atoms with E-state index >= 15 is 0 Å². The third-order valence-electron chi connectivity index (χ3n) is 10.6. The van der Waals surface area contributed by atoms with Gasteiger partial charge in [0.2, 0.25) is 0 Å². The van der Waals surface area contributed by atoms with Gasteiger partial charge in [-0.05, 0) is 67.1 Å². The van der Waals surface area contributed by atoms with Crippen LogP contribution in [0.3, 0.4) is 0 Å². The lowest BCUT2D eigenvalue weighted by molar-refractivity contribution is 0.672. The maximum atomic E-state index is 10.9. The fourth-order valence-electron chi connectivity index (χ4n) is 8.41. The maximum Gasteiger partial charge on any atom is 0.145 e. The summed E-state index contributed by atoms with van der Waals surface area (Å²) >= 11 is 0. The second-order valence-corrected chi connectivity index (χ2v) is 13.1. The molecule has 0 atom stereocenters. The van der Waals surface area contributed by atoms with E-state index in [1.54, 1.807) is 6.07 Å². The minimum absolute atomic E-state index is 0.398. The Morgan fingerprint density at radius 2 is 0.902 bits per heavy atom. The first-order valence-electron chi connectivity index (χ1n) is 16.8. The van der Waals surface area contributed by atoms with Gasteiger partial charge in [-0.15, -0.1) is 0 Å². The fraction of sp³-hybridized carbons (Fsp3) is 0.0222. The molecular formula is C45H24N4O2. The molecule has 0 radical (unpaired) electrons. The molecule has 236 valence electrons. The molecule has 0 aliphatic heterocycles. The summed E-state index contributed by atoms with van der Waals surface area (Å²) in [7, 11) is 0. The molecule has 0 amide bonds. The Bertz CT molecular complexity index is 3410. The molecule has 0 bridgehead atoms. The summed E-state index contributed by atoms with van der Waals surface area (Å²) in [6, 6.07) is 47.9. The van der Waals surface area contributed by atoms with Crippen LogP contribution < -0.4 is 0 Å². The van der Waals surface area contributed by atoms with Gasteiger partial charge in [-0.2, -0.15) is 10.5 Å². The molecule has 7 aromatic carbocycles. The second-order valence-electron chi connectivity index (χ2n) is 13.1. The molecule has 6 heteroatoms. The van der Waals surface area contributed by atoms with Crippen molar-refractivity contribution in [3.05, 3.63) is 144 Å². The van der Waals surface area contributed by atoms with Crippen molar-refractivity contribution in [2.45, 2.75) is 6.92 Å². The zero-order chi connectivity index (χ0) is 34.0. The molecule has 0 N–H and O–H groups in total. The van der Waals surface area contributed by atoms with Gasteiger partial charge in [0.1, 0.15) is 28.4 Å². The average molecular weight is 653 g/mol. The molecule has 6 nitrogen and oxygen atoms in total. The zero-order valence-corrected chi connectivity index (χ0v) is 27.2. The van der Waals surface area contributed by atoms with Gasteiger partial charge in [0.15, 0.2) is 0 Å². The van der Waals surface area contributed by atoms with E-state index in [1.807, 2.05) is 67.6 Å². The van der Waals surface area contributed by atoms with Crippen LogP contribution in [0, 0.1) is 29.6 Å². The summed E-state index contributed by atoms with van der Waals surface area (Å²) in [5, 5.41) is 29.5. The van der Waals surface area contributed by atoms with E-state index < -0.39 is 0 Å². The number of hydrogen-bond acceptors (Lipinski definition) is 4. The molecule has 0 saturated carbocycles. The van der Waals surface area contributed by atoms with E-state index in [-0.39, 0.29) is 0 Å². The molecule has 0 saturated heterocycles. The summed E-state index contributed by atoms with van der Waals surface area (Å²) in [5.74, 6) is 0. The number of para-hydroxylation sites is 4. The van der Waals surface area contributed by atoms with Crippen LogP contribution >= 0.6 is 0 Å². The number of aromatic nitrogens is 2. The first-order chi connectivity index (χ1) is 25.2. The van der Waals surface area contributed by atoms with Gasteiger partial charge >= 0.3 is 0 Å². The van der Waals surface area contributed by atoms with Gasteiger partial charge in [-0.1, -0.05) is 72.8 Å². The Labute approximate surface area is 289 Å². The average Bonchev–Trinajstić information content (AvgIpc) is 3.92. The minimum atomic E-state index is 0.398. The highest BCUT2D eigenvalue weighted by Gasteiger charge is 2.27. The van der Waals surface area contributed by atoms with E-state index in [0.717, 1.165) is 98.7 Å². The molecule has 51 heavy (non-hydrogen) atoms. The highest BCUT2D eigenvalue weighted by molar-refractivity contribution is 6.25. The van der Waals surface area contributed by atoms with Crippen LogP contribution in [-0.2, 0) is 0 Å². The molecule has 0 fully saturated rings. The van der Waals surface area contributed by atoms with Crippen LogP contribution in [0.5, 0.6) is 0 Å². The van der Waals surface area contributed by atoms with Crippen molar-refractivity contribution in [3.8, 4) is 23.5 Å². The quantitative estimate of drug-likeness (QED) is 0.186. The van der Waals surface area contributed by atoms with Gasteiger partial charge in [0.25, 0.3) is 0 Å². The Morgan fingerprint density at radius 3 is 1.41 bits per heavy atom.